The number of benzene rings is 1. The molecule has 6 nitrogen and oxygen atoms in total. The SMILES string of the molecule is CCN(CCOc1ccc(F)cc1)C(=O)c1cnc(NC(C)C)nc1. The molecule has 0 saturated carbocycles. The first kappa shape index (κ1) is 18.6. The molecule has 1 heterocycles. The van der Waals surface area contributed by atoms with Gasteiger partial charge in [0, 0.05) is 25.0 Å². The molecule has 0 saturated heterocycles. The van der Waals surface area contributed by atoms with Crippen molar-refractivity contribution in [2.45, 2.75) is 26.8 Å². The summed E-state index contributed by atoms with van der Waals surface area (Å²) in [5, 5.41) is 3.08. The van der Waals surface area contributed by atoms with Crippen LogP contribution in [0.25, 0.3) is 0 Å². The first-order valence-corrected chi connectivity index (χ1v) is 8.25. The molecule has 2 rings (SSSR count). The van der Waals surface area contributed by atoms with Crippen LogP contribution in [0.5, 0.6) is 5.75 Å². The summed E-state index contributed by atoms with van der Waals surface area (Å²) < 4.78 is 18.4. The fourth-order valence-corrected chi connectivity index (χ4v) is 2.16. The Bertz CT molecular complexity index is 674. The van der Waals surface area contributed by atoms with E-state index in [1.807, 2.05) is 20.8 Å². The molecular weight excluding hydrogens is 323 g/mol. The molecule has 134 valence electrons. The zero-order valence-electron chi connectivity index (χ0n) is 14.7. The number of rotatable bonds is 8. The Kier molecular flexibility index (Phi) is 6.68. The van der Waals surface area contributed by atoms with Crippen molar-refractivity contribution in [1.29, 1.82) is 0 Å². The number of anilines is 1. The lowest BCUT2D eigenvalue weighted by atomic mass is 10.3. The minimum absolute atomic E-state index is 0.152. The molecule has 0 bridgehead atoms. The number of hydrogen-bond donors (Lipinski definition) is 1. The first-order valence-electron chi connectivity index (χ1n) is 8.25. The minimum atomic E-state index is -0.312. The molecule has 25 heavy (non-hydrogen) atoms. The minimum Gasteiger partial charge on any atom is -0.492 e. The van der Waals surface area contributed by atoms with Gasteiger partial charge in [0.2, 0.25) is 5.95 Å². The van der Waals surface area contributed by atoms with E-state index < -0.39 is 0 Å². The number of nitrogens with zero attached hydrogens (tertiary/aromatic N) is 3. The second kappa shape index (κ2) is 8.96. The molecule has 7 heteroatoms. The van der Waals surface area contributed by atoms with Crippen molar-refractivity contribution in [3.05, 3.63) is 48.0 Å². The maximum Gasteiger partial charge on any atom is 0.257 e. The van der Waals surface area contributed by atoms with E-state index in [0.717, 1.165) is 0 Å². The number of hydrogen-bond acceptors (Lipinski definition) is 5. The third kappa shape index (κ3) is 5.70. The van der Waals surface area contributed by atoms with Gasteiger partial charge in [0.1, 0.15) is 18.2 Å². The molecule has 0 spiro atoms. The Labute approximate surface area is 147 Å². The standard InChI is InChI=1S/C18H23FN4O2/c1-4-23(9-10-25-16-7-5-15(19)6-8-16)17(24)14-11-20-18(21-12-14)22-13(2)3/h5-8,11-13H,4,9-10H2,1-3H3,(H,20,21,22). The average Bonchev–Trinajstić information content (AvgIpc) is 2.60. The number of amides is 1. The molecule has 0 aliphatic carbocycles. The van der Waals surface area contributed by atoms with Gasteiger partial charge in [-0.15, -0.1) is 0 Å². The van der Waals surface area contributed by atoms with Gasteiger partial charge in [-0.2, -0.15) is 0 Å². The van der Waals surface area contributed by atoms with Crippen LogP contribution >= 0.6 is 0 Å². The van der Waals surface area contributed by atoms with Crippen molar-refractivity contribution in [2.24, 2.45) is 0 Å². The summed E-state index contributed by atoms with van der Waals surface area (Å²) in [5.41, 5.74) is 0.429. The van der Waals surface area contributed by atoms with Crippen LogP contribution in [-0.2, 0) is 0 Å². The maximum absolute atomic E-state index is 12.9. The van der Waals surface area contributed by atoms with Gasteiger partial charge >= 0.3 is 0 Å². The lowest BCUT2D eigenvalue weighted by molar-refractivity contribution is 0.0739. The average molecular weight is 346 g/mol. The molecule has 1 N–H and O–H groups in total. The van der Waals surface area contributed by atoms with Crippen LogP contribution in [0.1, 0.15) is 31.1 Å². The highest BCUT2D eigenvalue weighted by molar-refractivity contribution is 5.93. The Morgan fingerprint density at radius 2 is 1.88 bits per heavy atom. The van der Waals surface area contributed by atoms with E-state index in [-0.39, 0.29) is 17.8 Å². The predicted octanol–water partition coefficient (Wildman–Crippen LogP) is 2.98. The number of ether oxygens (including phenoxy) is 1. The zero-order chi connectivity index (χ0) is 18.2. The molecule has 0 aliphatic rings. The summed E-state index contributed by atoms with van der Waals surface area (Å²) in [5.74, 6) is 0.598. The zero-order valence-corrected chi connectivity index (χ0v) is 14.7. The molecule has 2 aromatic rings. The van der Waals surface area contributed by atoms with Gasteiger partial charge < -0.3 is 15.0 Å². The van der Waals surface area contributed by atoms with E-state index in [1.165, 1.54) is 24.5 Å². The monoisotopic (exact) mass is 346 g/mol. The smallest absolute Gasteiger partial charge is 0.257 e. The lowest BCUT2D eigenvalue weighted by Gasteiger charge is -2.21. The van der Waals surface area contributed by atoms with Crippen molar-refractivity contribution in [2.75, 3.05) is 25.0 Å². The van der Waals surface area contributed by atoms with Crippen molar-refractivity contribution in [3.8, 4) is 5.75 Å². The third-order valence-corrected chi connectivity index (χ3v) is 3.43. The lowest BCUT2D eigenvalue weighted by Crippen LogP contribution is -2.34. The van der Waals surface area contributed by atoms with Gasteiger partial charge in [-0.25, -0.2) is 14.4 Å². The first-order chi connectivity index (χ1) is 12.0. The Hall–Kier alpha value is -2.70. The summed E-state index contributed by atoms with van der Waals surface area (Å²) in [7, 11) is 0. The molecule has 1 amide bonds. The van der Waals surface area contributed by atoms with E-state index in [1.54, 1.807) is 17.0 Å². The number of halogens is 1. The van der Waals surface area contributed by atoms with Crippen molar-refractivity contribution in [1.82, 2.24) is 14.9 Å². The van der Waals surface area contributed by atoms with Crippen molar-refractivity contribution < 1.29 is 13.9 Å². The van der Waals surface area contributed by atoms with E-state index in [2.05, 4.69) is 15.3 Å². The summed E-state index contributed by atoms with van der Waals surface area (Å²) in [6, 6.07) is 6.01. The quantitative estimate of drug-likeness (QED) is 0.796. The van der Waals surface area contributed by atoms with Crippen molar-refractivity contribution >= 4 is 11.9 Å². The van der Waals surface area contributed by atoms with Crippen molar-refractivity contribution in [3.63, 3.8) is 0 Å². The van der Waals surface area contributed by atoms with E-state index >= 15 is 0 Å². The second-order valence-corrected chi connectivity index (χ2v) is 5.78. The predicted molar refractivity (Wildman–Crippen MR) is 94.3 cm³/mol. The Morgan fingerprint density at radius 3 is 2.44 bits per heavy atom. The topological polar surface area (TPSA) is 67.3 Å². The van der Waals surface area contributed by atoms with Gasteiger partial charge in [-0.05, 0) is 45.0 Å². The summed E-state index contributed by atoms with van der Waals surface area (Å²) in [4.78, 5) is 22.5. The fraction of sp³-hybridized carbons (Fsp3) is 0.389. The highest BCUT2D eigenvalue weighted by atomic mass is 19.1. The molecule has 1 aromatic carbocycles. The highest BCUT2D eigenvalue weighted by Gasteiger charge is 2.15. The number of likely N-dealkylation sites (N-methyl/N-ethyl adjacent to an activating group) is 1. The maximum atomic E-state index is 12.9. The van der Waals surface area contributed by atoms with Crippen LogP contribution in [-0.4, -0.2) is 46.5 Å². The molecule has 0 atom stereocenters. The number of carbonyl (C=O) groups excluding carboxylic acids is 1. The second-order valence-electron chi connectivity index (χ2n) is 5.78. The molecule has 0 aliphatic heterocycles. The highest BCUT2D eigenvalue weighted by Crippen LogP contribution is 2.11. The van der Waals surface area contributed by atoms with Gasteiger partial charge in [0.25, 0.3) is 5.91 Å². The third-order valence-electron chi connectivity index (χ3n) is 3.43. The van der Waals surface area contributed by atoms with E-state index in [4.69, 9.17) is 4.74 Å². The van der Waals surface area contributed by atoms with Crippen LogP contribution in [0.15, 0.2) is 36.7 Å². The van der Waals surface area contributed by atoms with Gasteiger partial charge in [-0.1, -0.05) is 0 Å². The molecule has 0 unspecified atom stereocenters. The molecule has 0 fully saturated rings. The largest absolute Gasteiger partial charge is 0.492 e. The molecule has 0 radical (unpaired) electrons. The van der Waals surface area contributed by atoms with E-state index in [9.17, 15) is 9.18 Å². The molecular formula is C18H23FN4O2. The summed E-state index contributed by atoms with van der Waals surface area (Å²) in [6.07, 6.45) is 3.03. The Morgan fingerprint density at radius 1 is 1.24 bits per heavy atom. The van der Waals surface area contributed by atoms with Crippen LogP contribution in [0.2, 0.25) is 0 Å². The fourth-order valence-electron chi connectivity index (χ4n) is 2.16. The van der Waals surface area contributed by atoms with Gasteiger partial charge in [-0.3, -0.25) is 4.79 Å². The van der Waals surface area contributed by atoms with E-state index in [0.29, 0.717) is 37.0 Å². The number of nitrogens with one attached hydrogen (secondary N) is 1. The van der Waals surface area contributed by atoms with Crippen LogP contribution in [0, 0.1) is 5.82 Å². The van der Waals surface area contributed by atoms with Gasteiger partial charge in [0.05, 0.1) is 12.1 Å². The summed E-state index contributed by atoms with van der Waals surface area (Å²) >= 11 is 0. The van der Waals surface area contributed by atoms with Crippen LogP contribution in [0.3, 0.4) is 0 Å². The number of carbonyl (C=O) groups is 1. The molecule has 1 aromatic heterocycles. The van der Waals surface area contributed by atoms with Crippen LogP contribution < -0.4 is 10.1 Å². The normalized spacial score (nSPS) is 10.6. The summed E-state index contributed by atoms with van der Waals surface area (Å²) in [6.45, 7) is 7.14. The Balaban J connectivity index is 1.90. The number of aromatic nitrogens is 2. The van der Waals surface area contributed by atoms with Gasteiger partial charge in [0.15, 0.2) is 0 Å². The van der Waals surface area contributed by atoms with Crippen LogP contribution in [0.4, 0.5) is 10.3 Å².